The molecule has 0 saturated heterocycles. The highest BCUT2D eigenvalue weighted by Gasteiger charge is 2.17. The summed E-state index contributed by atoms with van der Waals surface area (Å²) in [4.78, 5) is 11.9. The van der Waals surface area contributed by atoms with Crippen molar-refractivity contribution in [1.29, 1.82) is 0 Å². The second-order valence-corrected chi connectivity index (χ2v) is 5.50. The molecular weight excluding hydrogens is 281 g/mol. The molecule has 1 atom stereocenters. The van der Waals surface area contributed by atoms with Gasteiger partial charge in [0, 0.05) is 13.6 Å². The molecule has 6 nitrogen and oxygen atoms in total. The van der Waals surface area contributed by atoms with Gasteiger partial charge < -0.3 is 5.32 Å². The molecule has 0 bridgehead atoms. The van der Waals surface area contributed by atoms with Crippen molar-refractivity contribution in [2.45, 2.75) is 23.9 Å². The van der Waals surface area contributed by atoms with E-state index in [4.69, 9.17) is 0 Å². The fourth-order valence-corrected chi connectivity index (χ4v) is 2.25. The van der Waals surface area contributed by atoms with Gasteiger partial charge in [-0.3, -0.25) is 4.79 Å². The fourth-order valence-electron chi connectivity index (χ4n) is 1.47. The van der Waals surface area contributed by atoms with Crippen LogP contribution in [0, 0.1) is 5.82 Å². The van der Waals surface area contributed by atoms with Crippen LogP contribution in [0.4, 0.5) is 4.39 Å². The topological polar surface area (TPSA) is 72.7 Å². The predicted octanol–water partition coefficient (Wildman–Crippen LogP) is 1.15. The average molecular weight is 295 g/mol. The zero-order valence-electron chi connectivity index (χ0n) is 11.1. The van der Waals surface area contributed by atoms with Crippen LogP contribution < -0.4 is 5.32 Å². The Morgan fingerprint density at radius 3 is 2.75 bits per heavy atom. The van der Waals surface area contributed by atoms with E-state index in [-0.39, 0.29) is 17.0 Å². The number of rotatable bonds is 5. The quantitative estimate of drug-likeness (QED) is 0.838. The van der Waals surface area contributed by atoms with Crippen LogP contribution in [0.3, 0.4) is 0 Å². The molecule has 1 aromatic heterocycles. The van der Waals surface area contributed by atoms with Gasteiger partial charge in [0.25, 0.3) is 0 Å². The molecule has 1 amide bonds. The molecule has 1 N–H and O–H groups in total. The van der Waals surface area contributed by atoms with Crippen molar-refractivity contribution >= 4 is 17.7 Å². The first-order chi connectivity index (χ1) is 9.56. The van der Waals surface area contributed by atoms with Crippen molar-refractivity contribution in [3.63, 3.8) is 0 Å². The molecule has 1 heterocycles. The molecule has 0 fully saturated rings. The number of thioether (sulfide) groups is 1. The first-order valence-electron chi connectivity index (χ1n) is 5.97. The number of halogens is 1. The van der Waals surface area contributed by atoms with Gasteiger partial charge in [0.05, 0.1) is 5.25 Å². The molecule has 1 aromatic carbocycles. The van der Waals surface area contributed by atoms with Gasteiger partial charge in [0.2, 0.25) is 11.1 Å². The summed E-state index contributed by atoms with van der Waals surface area (Å²) in [5.74, 6) is -0.416. The van der Waals surface area contributed by atoms with E-state index in [1.54, 1.807) is 26.1 Å². The van der Waals surface area contributed by atoms with E-state index >= 15 is 0 Å². The van der Waals surface area contributed by atoms with Gasteiger partial charge in [-0.1, -0.05) is 23.9 Å². The minimum Gasteiger partial charge on any atom is -0.351 e. The van der Waals surface area contributed by atoms with Gasteiger partial charge in [-0.25, -0.2) is 9.07 Å². The molecule has 0 aliphatic carbocycles. The number of amides is 1. The van der Waals surface area contributed by atoms with Crippen LogP contribution in [0.2, 0.25) is 0 Å². The van der Waals surface area contributed by atoms with Gasteiger partial charge in [-0.05, 0) is 35.0 Å². The number of carbonyl (C=O) groups excluding carboxylic acids is 1. The molecule has 2 rings (SSSR count). The lowest BCUT2D eigenvalue weighted by Crippen LogP contribution is -2.30. The third kappa shape index (κ3) is 3.77. The second-order valence-electron chi connectivity index (χ2n) is 4.19. The standard InChI is InChI=1S/C12H14FN5OS/c1-8(20-12-15-16-17-18(12)2)11(19)14-7-9-3-5-10(13)6-4-9/h3-6,8H,7H2,1-2H3,(H,14,19)/t8-/m0/s1. The Labute approximate surface area is 119 Å². The summed E-state index contributed by atoms with van der Waals surface area (Å²) in [6, 6.07) is 6.01. The summed E-state index contributed by atoms with van der Waals surface area (Å²) in [6.45, 7) is 2.14. The number of nitrogens with one attached hydrogen (secondary N) is 1. The lowest BCUT2D eigenvalue weighted by molar-refractivity contribution is -0.120. The second kappa shape index (κ2) is 6.47. The summed E-state index contributed by atoms with van der Waals surface area (Å²) >= 11 is 1.28. The summed E-state index contributed by atoms with van der Waals surface area (Å²) in [5, 5.41) is 14.1. The SMILES string of the molecule is C[C@H](Sc1nnnn1C)C(=O)NCc1ccc(F)cc1. The van der Waals surface area contributed by atoms with E-state index in [2.05, 4.69) is 20.8 Å². The highest BCUT2D eigenvalue weighted by molar-refractivity contribution is 8.00. The molecule has 0 unspecified atom stereocenters. The zero-order valence-corrected chi connectivity index (χ0v) is 11.9. The van der Waals surface area contributed by atoms with Crippen molar-refractivity contribution in [3.8, 4) is 0 Å². The molecule has 0 radical (unpaired) electrons. The van der Waals surface area contributed by atoms with Crippen LogP contribution in [0.15, 0.2) is 29.4 Å². The van der Waals surface area contributed by atoms with E-state index in [0.29, 0.717) is 11.7 Å². The number of aryl methyl sites for hydroxylation is 1. The minimum absolute atomic E-state index is 0.123. The minimum atomic E-state index is -0.319. The highest BCUT2D eigenvalue weighted by Crippen LogP contribution is 2.19. The van der Waals surface area contributed by atoms with E-state index < -0.39 is 0 Å². The van der Waals surface area contributed by atoms with Gasteiger partial charge in [-0.15, -0.1) is 5.10 Å². The van der Waals surface area contributed by atoms with Gasteiger partial charge in [-0.2, -0.15) is 0 Å². The van der Waals surface area contributed by atoms with Crippen LogP contribution in [0.1, 0.15) is 12.5 Å². The lowest BCUT2D eigenvalue weighted by atomic mass is 10.2. The maximum Gasteiger partial charge on any atom is 0.233 e. The number of hydrogen-bond donors (Lipinski definition) is 1. The van der Waals surface area contributed by atoms with E-state index in [0.717, 1.165) is 5.56 Å². The molecule has 2 aromatic rings. The monoisotopic (exact) mass is 295 g/mol. The van der Waals surface area contributed by atoms with Crippen LogP contribution >= 0.6 is 11.8 Å². The molecule has 0 aliphatic rings. The molecule has 0 spiro atoms. The smallest absolute Gasteiger partial charge is 0.233 e. The Balaban J connectivity index is 1.85. The van der Waals surface area contributed by atoms with Crippen LogP contribution in [0.25, 0.3) is 0 Å². The number of aromatic nitrogens is 4. The normalized spacial score (nSPS) is 12.2. The molecular formula is C12H14FN5OS. The van der Waals surface area contributed by atoms with Crippen molar-refractivity contribution in [1.82, 2.24) is 25.5 Å². The maximum absolute atomic E-state index is 12.8. The Morgan fingerprint density at radius 2 is 2.15 bits per heavy atom. The van der Waals surface area contributed by atoms with Crippen molar-refractivity contribution < 1.29 is 9.18 Å². The summed E-state index contributed by atoms with van der Waals surface area (Å²) in [5.41, 5.74) is 0.845. The highest BCUT2D eigenvalue weighted by atomic mass is 32.2. The van der Waals surface area contributed by atoms with Gasteiger partial charge >= 0.3 is 0 Å². The van der Waals surface area contributed by atoms with Crippen LogP contribution in [0.5, 0.6) is 0 Å². The van der Waals surface area contributed by atoms with Crippen LogP contribution in [-0.2, 0) is 18.4 Å². The number of nitrogens with zero attached hydrogens (tertiary/aromatic N) is 4. The van der Waals surface area contributed by atoms with Crippen molar-refractivity contribution in [2.75, 3.05) is 0 Å². The summed E-state index contributed by atoms with van der Waals surface area (Å²) < 4.78 is 14.3. The van der Waals surface area contributed by atoms with E-state index in [1.807, 2.05) is 0 Å². The van der Waals surface area contributed by atoms with Crippen LogP contribution in [-0.4, -0.2) is 31.4 Å². The predicted molar refractivity (Wildman–Crippen MR) is 72.4 cm³/mol. The average Bonchev–Trinajstić information content (AvgIpc) is 2.83. The Bertz CT molecular complexity index is 586. The molecule has 0 saturated carbocycles. The van der Waals surface area contributed by atoms with Crippen molar-refractivity contribution in [2.24, 2.45) is 7.05 Å². The largest absolute Gasteiger partial charge is 0.351 e. The maximum atomic E-state index is 12.8. The summed E-state index contributed by atoms with van der Waals surface area (Å²) in [7, 11) is 1.71. The lowest BCUT2D eigenvalue weighted by Gasteiger charge is -2.10. The third-order valence-electron chi connectivity index (χ3n) is 2.61. The Kier molecular flexibility index (Phi) is 4.67. The molecule has 8 heteroatoms. The van der Waals surface area contributed by atoms with E-state index in [1.165, 1.54) is 28.6 Å². The number of benzene rings is 1. The van der Waals surface area contributed by atoms with Gasteiger partial charge in [0.1, 0.15) is 5.82 Å². The van der Waals surface area contributed by atoms with Crippen molar-refractivity contribution in [3.05, 3.63) is 35.6 Å². The first-order valence-corrected chi connectivity index (χ1v) is 6.85. The molecule has 20 heavy (non-hydrogen) atoms. The first kappa shape index (κ1) is 14.4. The Morgan fingerprint density at radius 1 is 1.45 bits per heavy atom. The van der Waals surface area contributed by atoms with E-state index in [9.17, 15) is 9.18 Å². The Hall–Kier alpha value is -1.96. The zero-order chi connectivity index (χ0) is 14.5. The number of hydrogen-bond acceptors (Lipinski definition) is 5. The summed E-state index contributed by atoms with van der Waals surface area (Å²) in [6.07, 6.45) is 0. The number of tetrazole rings is 1. The number of carbonyl (C=O) groups is 1. The molecule has 0 aliphatic heterocycles. The third-order valence-corrected chi connectivity index (χ3v) is 3.74. The van der Waals surface area contributed by atoms with Gasteiger partial charge in [0.15, 0.2) is 0 Å². The fraction of sp³-hybridized carbons (Fsp3) is 0.333. The molecule has 106 valence electrons.